The molecule has 21 valence electrons. The molecule has 1 rings (SSSR count). The maximum Gasteiger partial charge on any atom is 0.160 e. The van der Waals surface area contributed by atoms with Gasteiger partial charge in [-0.15, -0.1) is 0 Å². The van der Waals surface area contributed by atoms with Gasteiger partial charge in [0.15, 0.2) is 6.61 Å². The third-order valence-electron chi connectivity index (χ3n) is 0.314. The molecule has 0 fully saturated rings. The van der Waals surface area contributed by atoms with E-state index in [1.165, 1.54) is 0 Å². The van der Waals surface area contributed by atoms with E-state index in [1.54, 1.807) is 12.9 Å². The highest BCUT2D eigenvalue weighted by atomic mass is 16.5. The van der Waals surface area contributed by atoms with Crippen molar-refractivity contribution >= 4 is 0 Å². The predicted octanol–water partition coefficient (Wildman–Crippen LogP) is 0.692. The molecule has 0 atom stereocenters. The van der Waals surface area contributed by atoms with Gasteiger partial charge < -0.3 is 4.74 Å². The van der Waals surface area contributed by atoms with Crippen LogP contribution in [0.5, 0.6) is 0 Å². The second kappa shape index (κ2) is 0.481. The molecule has 0 N–H and O–H groups in total. The zero-order valence-corrected chi connectivity index (χ0v) is 2.14. The molecule has 0 bridgehead atoms. The first-order valence-electron chi connectivity index (χ1n) is 1.14. The van der Waals surface area contributed by atoms with Gasteiger partial charge in [0.2, 0.25) is 0 Å². The summed E-state index contributed by atoms with van der Waals surface area (Å²) in [6.45, 7) is 1.62. The summed E-state index contributed by atoms with van der Waals surface area (Å²) in [7, 11) is 0. The normalized spacial score (nSPS) is 18.0. The van der Waals surface area contributed by atoms with E-state index in [0.29, 0.717) is 0 Å². The van der Waals surface area contributed by atoms with E-state index in [4.69, 9.17) is 0 Å². The lowest BCUT2D eigenvalue weighted by Gasteiger charge is -1.97. The molecule has 0 saturated heterocycles. The molecule has 0 aromatic rings. The van der Waals surface area contributed by atoms with Gasteiger partial charge in [-0.3, -0.25) is 0 Å². The first-order chi connectivity index (χ1) is 2.00. The van der Waals surface area contributed by atoms with Crippen LogP contribution < -0.4 is 0 Å². The molecule has 0 aliphatic carbocycles. The SMILES string of the molecule is [CH]1C=CO1. The van der Waals surface area contributed by atoms with Gasteiger partial charge in [0.1, 0.15) is 0 Å². The zero-order valence-electron chi connectivity index (χ0n) is 2.14. The van der Waals surface area contributed by atoms with Crippen molar-refractivity contribution in [2.75, 3.05) is 0 Å². The van der Waals surface area contributed by atoms with Crippen LogP contribution in [0.15, 0.2) is 12.3 Å². The highest BCUT2D eigenvalue weighted by Gasteiger charge is 1.81. The summed E-state index contributed by atoms with van der Waals surface area (Å²) in [4.78, 5) is 0. The Labute approximate surface area is 24.9 Å². The summed E-state index contributed by atoms with van der Waals surface area (Å²) in [6.07, 6.45) is 3.46. The number of ether oxygens (including phenoxy) is 1. The van der Waals surface area contributed by atoms with Crippen molar-refractivity contribution in [1.82, 2.24) is 0 Å². The Kier molecular flexibility index (Phi) is 0.219. The molecule has 1 radical (unpaired) electrons. The van der Waals surface area contributed by atoms with Crippen molar-refractivity contribution < 1.29 is 4.74 Å². The fraction of sp³-hybridized carbons (Fsp3) is 0. The average molecular weight is 55.1 g/mol. The second-order valence-corrected chi connectivity index (χ2v) is 0.601. The van der Waals surface area contributed by atoms with Crippen molar-refractivity contribution in [2.45, 2.75) is 0 Å². The first kappa shape index (κ1) is 1.82. The van der Waals surface area contributed by atoms with Crippen LogP contribution in [0.1, 0.15) is 0 Å². The summed E-state index contributed by atoms with van der Waals surface area (Å²) < 4.78 is 4.42. The van der Waals surface area contributed by atoms with Crippen LogP contribution in [0.4, 0.5) is 0 Å². The van der Waals surface area contributed by atoms with Crippen LogP contribution in [0, 0.1) is 6.61 Å². The average Bonchev–Trinajstić information content (AvgIpc) is 0.722. The molecular weight excluding hydrogens is 52.0 g/mol. The number of rotatable bonds is 0. The van der Waals surface area contributed by atoms with Crippen LogP contribution >= 0.6 is 0 Å². The third kappa shape index (κ3) is 0.0358. The summed E-state index contributed by atoms with van der Waals surface area (Å²) in [5, 5.41) is 0. The van der Waals surface area contributed by atoms with Crippen molar-refractivity contribution in [3.05, 3.63) is 18.9 Å². The lowest BCUT2D eigenvalue weighted by Crippen LogP contribution is -1.80. The summed E-state index contributed by atoms with van der Waals surface area (Å²) in [5.41, 5.74) is 0. The van der Waals surface area contributed by atoms with Crippen molar-refractivity contribution in [3.8, 4) is 0 Å². The fourth-order valence-corrected chi connectivity index (χ4v) is 0.0786. The van der Waals surface area contributed by atoms with Gasteiger partial charge in [-0.05, 0) is 6.08 Å². The Bertz CT molecular complexity index is 32.5. The molecule has 0 amide bonds. The molecule has 4 heavy (non-hydrogen) atoms. The molecule has 0 unspecified atom stereocenters. The minimum Gasteiger partial charge on any atom is -0.490 e. The fourth-order valence-electron chi connectivity index (χ4n) is 0.0786. The molecule has 1 heterocycles. The van der Waals surface area contributed by atoms with Crippen LogP contribution in [-0.2, 0) is 4.74 Å². The highest BCUT2D eigenvalue weighted by molar-refractivity contribution is 4.93. The Morgan fingerprint density at radius 1 is 1.50 bits per heavy atom. The van der Waals surface area contributed by atoms with Crippen molar-refractivity contribution in [2.24, 2.45) is 0 Å². The monoisotopic (exact) mass is 55.0 g/mol. The van der Waals surface area contributed by atoms with Crippen LogP contribution in [0.2, 0.25) is 0 Å². The summed E-state index contributed by atoms with van der Waals surface area (Å²) in [6, 6.07) is 0. The van der Waals surface area contributed by atoms with Crippen LogP contribution in [-0.4, -0.2) is 0 Å². The molecule has 1 aliphatic rings. The zero-order chi connectivity index (χ0) is 2.83. The Morgan fingerprint density at radius 2 is 1.75 bits per heavy atom. The lowest BCUT2D eigenvalue weighted by atomic mass is 10.6. The molecule has 0 aromatic carbocycles. The summed E-state index contributed by atoms with van der Waals surface area (Å²) in [5.74, 6) is 0. The van der Waals surface area contributed by atoms with Crippen molar-refractivity contribution in [1.29, 1.82) is 0 Å². The van der Waals surface area contributed by atoms with E-state index in [0.717, 1.165) is 0 Å². The largest absolute Gasteiger partial charge is 0.490 e. The topological polar surface area (TPSA) is 9.23 Å². The Balaban J connectivity index is 2.47. The van der Waals surface area contributed by atoms with Gasteiger partial charge in [0.25, 0.3) is 0 Å². The maximum absolute atomic E-state index is 4.42. The van der Waals surface area contributed by atoms with E-state index in [-0.39, 0.29) is 0 Å². The standard InChI is InChI=1S/C3H3O/c1-2-4-3-1/h1-3H. The van der Waals surface area contributed by atoms with Crippen molar-refractivity contribution in [3.63, 3.8) is 0 Å². The quantitative estimate of drug-likeness (QED) is 0.396. The van der Waals surface area contributed by atoms with Crippen LogP contribution in [0.3, 0.4) is 0 Å². The molecule has 0 saturated carbocycles. The number of hydrogen-bond acceptors (Lipinski definition) is 1. The van der Waals surface area contributed by atoms with E-state index >= 15 is 0 Å². The molecule has 1 heteroatoms. The minimum atomic E-state index is 1.62. The highest BCUT2D eigenvalue weighted by Crippen LogP contribution is 1.94. The Morgan fingerprint density at radius 3 is 1.75 bits per heavy atom. The minimum absolute atomic E-state index is 1.62. The number of hydrogen-bond donors (Lipinski definition) is 0. The second-order valence-electron chi connectivity index (χ2n) is 0.601. The van der Waals surface area contributed by atoms with E-state index < -0.39 is 0 Å². The van der Waals surface area contributed by atoms with Crippen LogP contribution in [0.25, 0.3) is 0 Å². The van der Waals surface area contributed by atoms with Gasteiger partial charge in [-0.25, -0.2) is 0 Å². The van der Waals surface area contributed by atoms with Gasteiger partial charge in [-0.1, -0.05) is 0 Å². The van der Waals surface area contributed by atoms with E-state index in [9.17, 15) is 0 Å². The van der Waals surface area contributed by atoms with E-state index in [2.05, 4.69) is 4.74 Å². The predicted molar refractivity (Wildman–Crippen MR) is 14.5 cm³/mol. The Hall–Kier alpha value is -0.460. The van der Waals surface area contributed by atoms with Gasteiger partial charge in [0.05, 0.1) is 6.26 Å². The molecule has 1 aliphatic heterocycles. The smallest absolute Gasteiger partial charge is 0.160 e. The first-order valence-corrected chi connectivity index (χ1v) is 1.14. The van der Waals surface area contributed by atoms with E-state index in [1.807, 2.05) is 6.08 Å². The third-order valence-corrected chi connectivity index (χ3v) is 0.314. The lowest BCUT2D eigenvalue weighted by molar-refractivity contribution is 0.314. The van der Waals surface area contributed by atoms with Gasteiger partial charge >= 0.3 is 0 Å². The van der Waals surface area contributed by atoms with Gasteiger partial charge in [-0.2, -0.15) is 0 Å². The molecule has 1 nitrogen and oxygen atoms in total. The molecular formula is C3H3O. The maximum atomic E-state index is 4.42. The molecule has 0 spiro atoms. The molecule has 0 aromatic heterocycles. The van der Waals surface area contributed by atoms with Gasteiger partial charge in [0, 0.05) is 0 Å². The summed E-state index contributed by atoms with van der Waals surface area (Å²) >= 11 is 0.